The molecule has 2 fully saturated rings. The fourth-order valence-electron chi connectivity index (χ4n) is 3.82. The minimum absolute atomic E-state index is 0.274. The SMILES string of the molecule is COOSN1CCN(c2ccc(OCC3CCN(c4nc(C(C)C)no4)CC3)nc2)CC1. The summed E-state index contributed by atoms with van der Waals surface area (Å²) in [7, 11) is 1.51. The number of pyridine rings is 1. The van der Waals surface area contributed by atoms with Gasteiger partial charge in [0.15, 0.2) is 5.82 Å². The van der Waals surface area contributed by atoms with E-state index in [9.17, 15) is 0 Å². The fraction of sp³-hybridized carbons (Fsp3) is 0.667. The summed E-state index contributed by atoms with van der Waals surface area (Å²) in [5.74, 6) is 2.22. The van der Waals surface area contributed by atoms with Gasteiger partial charge in [0.25, 0.3) is 0 Å². The molecule has 4 heterocycles. The first kappa shape index (κ1) is 23.1. The van der Waals surface area contributed by atoms with Crippen molar-refractivity contribution in [1.29, 1.82) is 0 Å². The van der Waals surface area contributed by atoms with Crippen molar-refractivity contribution in [2.24, 2.45) is 5.92 Å². The number of hydrogen-bond donors (Lipinski definition) is 0. The molecule has 0 N–H and O–H groups in total. The van der Waals surface area contributed by atoms with Crippen LogP contribution >= 0.6 is 12.2 Å². The molecule has 176 valence electrons. The van der Waals surface area contributed by atoms with Crippen molar-refractivity contribution in [3.05, 3.63) is 24.2 Å². The quantitative estimate of drug-likeness (QED) is 0.237. The molecule has 0 radical (unpaired) electrons. The molecule has 0 saturated carbocycles. The number of ether oxygens (including phenoxy) is 1. The Balaban J connectivity index is 1.18. The monoisotopic (exact) mass is 464 g/mol. The Morgan fingerprint density at radius 3 is 2.50 bits per heavy atom. The molecule has 0 spiro atoms. The highest BCUT2D eigenvalue weighted by atomic mass is 32.2. The van der Waals surface area contributed by atoms with E-state index in [4.69, 9.17) is 13.6 Å². The van der Waals surface area contributed by atoms with E-state index in [1.54, 1.807) is 0 Å². The first-order chi connectivity index (χ1) is 15.6. The van der Waals surface area contributed by atoms with Crippen molar-refractivity contribution in [1.82, 2.24) is 19.4 Å². The van der Waals surface area contributed by atoms with Crippen LogP contribution in [-0.4, -0.2) is 72.4 Å². The zero-order valence-corrected chi connectivity index (χ0v) is 19.8. The Hall–Kier alpha value is -2.08. The van der Waals surface area contributed by atoms with Crippen molar-refractivity contribution >= 4 is 23.9 Å². The van der Waals surface area contributed by atoms with Gasteiger partial charge >= 0.3 is 6.01 Å². The highest BCUT2D eigenvalue weighted by molar-refractivity contribution is 7.92. The van der Waals surface area contributed by atoms with Crippen molar-refractivity contribution in [2.75, 3.05) is 62.8 Å². The van der Waals surface area contributed by atoms with Crippen LogP contribution in [0.15, 0.2) is 22.9 Å². The first-order valence-electron chi connectivity index (χ1n) is 11.2. The number of nitrogens with zero attached hydrogens (tertiary/aromatic N) is 6. The van der Waals surface area contributed by atoms with E-state index in [1.165, 1.54) is 19.3 Å². The van der Waals surface area contributed by atoms with Crippen molar-refractivity contribution in [3.8, 4) is 5.88 Å². The summed E-state index contributed by atoms with van der Waals surface area (Å²) in [6.45, 7) is 10.2. The van der Waals surface area contributed by atoms with Crippen molar-refractivity contribution < 1.29 is 18.5 Å². The van der Waals surface area contributed by atoms with E-state index in [0.717, 1.165) is 63.6 Å². The number of anilines is 2. The molecule has 2 saturated heterocycles. The summed E-state index contributed by atoms with van der Waals surface area (Å²) in [5, 5.41) is 4.06. The average molecular weight is 465 g/mol. The molecular weight excluding hydrogens is 432 g/mol. The average Bonchev–Trinajstić information content (AvgIpc) is 3.33. The summed E-state index contributed by atoms with van der Waals surface area (Å²) in [6, 6.07) is 4.68. The Kier molecular flexibility index (Phi) is 8.06. The Bertz CT molecular complexity index is 820. The van der Waals surface area contributed by atoms with Crippen LogP contribution in [0.3, 0.4) is 0 Å². The zero-order chi connectivity index (χ0) is 22.3. The van der Waals surface area contributed by atoms with Gasteiger partial charge in [-0.25, -0.2) is 14.2 Å². The summed E-state index contributed by atoms with van der Waals surface area (Å²) in [5.41, 5.74) is 1.11. The molecule has 2 aromatic heterocycles. The normalized spacial score (nSPS) is 18.5. The van der Waals surface area contributed by atoms with Gasteiger partial charge in [-0.2, -0.15) is 4.98 Å². The van der Waals surface area contributed by atoms with Gasteiger partial charge < -0.3 is 19.1 Å². The summed E-state index contributed by atoms with van der Waals surface area (Å²) >= 11 is 1.25. The summed E-state index contributed by atoms with van der Waals surface area (Å²) < 4.78 is 18.5. The van der Waals surface area contributed by atoms with Gasteiger partial charge in [-0.3, -0.25) is 0 Å². The Labute approximate surface area is 193 Å². The predicted octanol–water partition coefficient (Wildman–Crippen LogP) is 3.15. The van der Waals surface area contributed by atoms with E-state index in [1.807, 2.05) is 12.3 Å². The number of rotatable bonds is 9. The van der Waals surface area contributed by atoms with E-state index in [-0.39, 0.29) is 5.92 Å². The van der Waals surface area contributed by atoms with E-state index in [0.29, 0.717) is 24.4 Å². The molecule has 11 heteroatoms. The Morgan fingerprint density at radius 1 is 1.09 bits per heavy atom. The lowest BCUT2D eigenvalue weighted by Gasteiger charge is -2.34. The molecule has 0 aliphatic carbocycles. The molecule has 2 aliphatic heterocycles. The van der Waals surface area contributed by atoms with Gasteiger partial charge in [0.1, 0.15) is 12.2 Å². The molecular formula is C21H32N6O4S. The van der Waals surface area contributed by atoms with Gasteiger partial charge in [-0.1, -0.05) is 19.0 Å². The molecule has 0 amide bonds. The molecule has 32 heavy (non-hydrogen) atoms. The number of piperidine rings is 1. The van der Waals surface area contributed by atoms with Gasteiger partial charge in [0, 0.05) is 51.3 Å². The standard InChI is InChI=1S/C21H32N6O4S/c1-16(2)20-23-21(30-24-20)26-8-6-17(7-9-26)15-29-19-5-4-18(14-22-19)25-10-12-27(13-11-25)32-31-28-3/h4-5,14,16-17H,6-13,15H2,1-3H3. The number of hydrogen-bond acceptors (Lipinski definition) is 11. The van der Waals surface area contributed by atoms with Gasteiger partial charge in [0.2, 0.25) is 5.88 Å². The summed E-state index contributed by atoms with van der Waals surface area (Å²) in [4.78, 5) is 18.1. The maximum absolute atomic E-state index is 5.98. The van der Waals surface area contributed by atoms with Gasteiger partial charge in [-0.05, 0) is 24.8 Å². The summed E-state index contributed by atoms with van der Waals surface area (Å²) in [6.07, 6.45) is 3.97. The third-order valence-corrected chi connectivity index (χ3v) is 6.60. The largest absolute Gasteiger partial charge is 0.477 e. The second kappa shape index (κ2) is 11.2. The molecule has 10 nitrogen and oxygen atoms in total. The number of aromatic nitrogens is 3. The second-order valence-corrected chi connectivity index (χ2v) is 9.21. The highest BCUT2D eigenvalue weighted by Gasteiger charge is 2.24. The topological polar surface area (TPSA) is 89.2 Å². The zero-order valence-electron chi connectivity index (χ0n) is 19.0. The smallest absolute Gasteiger partial charge is 0.324 e. The minimum atomic E-state index is 0.274. The predicted molar refractivity (Wildman–Crippen MR) is 123 cm³/mol. The lowest BCUT2D eigenvalue weighted by Crippen LogP contribution is -2.43. The maximum Gasteiger partial charge on any atom is 0.324 e. The van der Waals surface area contributed by atoms with Crippen LogP contribution in [0.25, 0.3) is 0 Å². The minimum Gasteiger partial charge on any atom is -0.477 e. The van der Waals surface area contributed by atoms with Crippen LogP contribution in [0.4, 0.5) is 11.7 Å². The van der Waals surface area contributed by atoms with E-state index >= 15 is 0 Å². The second-order valence-electron chi connectivity index (χ2n) is 8.41. The molecule has 0 atom stereocenters. The van der Waals surface area contributed by atoms with Gasteiger partial charge in [0.05, 0.1) is 25.6 Å². The molecule has 4 rings (SSSR count). The molecule has 2 aliphatic rings. The lowest BCUT2D eigenvalue weighted by molar-refractivity contribution is -0.163. The molecule has 2 aromatic rings. The van der Waals surface area contributed by atoms with E-state index < -0.39 is 0 Å². The van der Waals surface area contributed by atoms with Crippen LogP contribution in [0.2, 0.25) is 0 Å². The van der Waals surface area contributed by atoms with E-state index in [2.05, 4.69) is 54.0 Å². The molecule has 0 bridgehead atoms. The van der Waals surface area contributed by atoms with Crippen LogP contribution in [0, 0.1) is 5.92 Å². The van der Waals surface area contributed by atoms with Crippen molar-refractivity contribution in [2.45, 2.75) is 32.6 Å². The van der Waals surface area contributed by atoms with Crippen molar-refractivity contribution in [3.63, 3.8) is 0 Å². The fourth-order valence-corrected chi connectivity index (χ4v) is 4.28. The van der Waals surface area contributed by atoms with Crippen LogP contribution in [-0.2, 0) is 9.22 Å². The lowest BCUT2D eigenvalue weighted by atomic mass is 9.98. The first-order valence-corrected chi connectivity index (χ1v) is 11.9. The van der Waals surface area contributed by atoms with Crippen LogP contribution < -0.4 is 14.5 Å². The van der Waals surface area contributed by atoms with Crippen LogP contribution in [0.5, 0.6) is 5.88 Å². The Morgan fingerprint density at radius 2 is 1.88 bits per heavy atom. The molecule has 0 aromatic carbocycles. The maximum atomic E-state index is 5.98. The third-order valence-electron chi connectivity index (χ3n) is 5.83. The van der Waals surface area contributed by atoms with Gasteiger partial charge in [-0.15, -0.1) is 4.33 Å². The number of piperazine rings is 1. The molecule has 0 unspecified atom stereocenters. The van der Waals surface area contributed by atoms with Crippen LogP contribution in [0.1, 0.15) is 38.4 Å². The highest BCUT2D eigenvalue weighted by Crippen LogP contribution is 2.25. The third kappa shape index (κ3) is 6.03.